The van der Waals surface area contributed by atoms with Crippen LogP contribution < -0.4 is 9.64 Å². The van der Waals surface area contributed by atoms with E-state index in [1.54, 1.807) is 13.4 Å². The monoisotopic (exact) mass is 389 g/mol. The second-order valence-electron chi connectivity index (χ2n) is 7.21. The average molecular weight is 389 g/mol. The van der Waals surface area contributed by atoms with Gasteiger partial charge in [-0.15, -0.1) is 0 Å². The zero-order valence-corrected chi connectivity index (χ0v) is 16.4. The van der Waals surface area contributed by atoms with Gasteiger partial charge in [0.15, 0.2) is 11.5 Å². The molecule has 7 heteroatoms. The number of furan rings is 1. The van der Waals surface area contributed by atoms with Gasteiger partial charge in [-0.25, -0.2) is 9.97 Å². The quantitative estimate of drug-likeness (QED) is 0.522. The molecule has 4 aromatic rings. The first-order valence-corrected chi connectivity index (χ1v) is 9.77. The van der Waals surface area contributed by atoms with E-state index >= 15 is 0 Å². The number of piperazine rings is 1. The van der Waals surface area contributed by atoms with E-state index in [1.807, 2.05) is 43.1 Å². The van der Waals surface area contributed by atoms with E-state index in [0.717, 1.165) is 61.2 Å². The number of imidazole rings is 1. The van der Waals surface area contributed by atoms with Crippen LogP contribution in [0.15, 0.2) is 65.9 Å². The molecule has 29 heavy (non-hydrogen) atoms. The molecule has 0 aliphatic carbocycles. The molecule has 0 bridgehead atoms. The number of benzene rings is 1. The van der Waals surface area contributed by atoms with Crippen LogP contribution in [0.3, 0.4) is 0 Å². The molecule has 1 aliphatic rings. The van der Waals surface area contributed by atoms with Crippen molar-refractivity contribution in [3.8, 4) is 17.0 Å². The number of anilines is 1. The summed E-state index contributed by atoms with van der Waals surface area (Å²) in [6.45, 7) is 4.75. The SMILES string of the molecule is COc1ccc(-c2cnc3c(N4CCN(Cc5ccoc5)CC4)nccn23)cc1. The molecule has 1 aliphatic heterocycles. The Kier molecular flexibility index (Phi) is 4.65. The van der Waals surface area contributed by atoms with E-state index in [0.29, 0.717) is 0 Å². The van der Waals surface area contributed by atoms with E-state index in [4.69, 9.17) is 14.1 Å². The van der Waals surface area contributed by atoms with Crippen LogP contribution >= 0.6 is 0 Å². The highest BCUT2D eigenvalue weighted by atomic mass is 16.5. The van der Waals surface area contributed by atoms with Crippen LogP contribution in [-0.4, -0.2) is 52.6 Å². The molecule has 3 aromatic heterocycles. The Morgan fingerprint density at radius 1 is 1.03 bits per heavy atom. The second-order valence-corrected chi connectivity index (χ2v) is 7.21. The van der Waals surface area contributed by atoms with Crippen LogP contribution in [0.4, 0.5) is 5.82 Å². The van der Waals surface area contributed by atoms with E-state index in [-0.39, 0.29) is 0 Å². The Labute approximate surface area is 169 Å². The first-order valence-electron chi connectivity index (χ1n) is 9.77. The number of hydrogen-bond acceptors (Lipinski definition) is 6. The Morgan fingerprint density at radius 2 is 1.86 bits per heavy atom. The van der Waals surface area contributed by atoms with Crippen LogP contribution in [-0.2, 0) is 6.54 Å². The van der Waals surface area contributed by atoms with Gasteiger partial charge in [0, 0.05) is 56.2 Å². The topological polar surface area (TPSA) is 59.0 Å². The molecule has 0 atom stereocenters. The molecule has 0 N–H and O–H groups in total. The Balaban J connectivity index is 1.36. The Morgan fingerprint density at radius 3 is 2.59 bits per heavy atom. The van der Waals surface area contributed by atoms with Crippen molar-refractivity contribution in [3.05, 3.63) is 67.0 Å². The summed E-state index contributed by atoms with van der Waals surface area (Å²) in [5.74, 6) is 1.79. The fraction of sp³-hybridized carbons (Fsp3) is 0.273. The number of methoxy groups -OCH3 is 1. The zero-order valence-electron chi connectivity index (χ0n) is 16.4. The lowest BCUT2D eigenvalue weighted by Gasteiger charge is -2.35. The van der Waals surface area contributed by atoms with Gasteiger partial charge in [-0.3, -0.25) is 9.30 Å². The summed E-state index contributed by atoms with van der Waals surface area (Å²) in [7, 11) is 1.68. The van der Waals surface area contributed by atoms with Crippen LogP contribution in [0.5, 0.6) is 5.75 Å². The number of rotatable bonds is 5. The van der Waals surface area contributed by atoms with Crippen molar-refractivity contribution in [2.75, 3.05) is 38.2 Å². The summed E-state index contributed by atoms with van der Waals surface area (Å²) in [6.07, 6.45) is 9.29. The van der Waals surface area contributed by atoms with Crippen molar-refractivity contribution in [3.63, 3.8) is 0 Å². The summed E-state index contributed by atoms with van der Waals surface area (Å²) in [4.78, 5) is 14.1. The highest BCUT2D eigenvalue weighted by Gasteiger charge is 2.21. The maximum absolute atomic E-state index is 5.27. The van der Waals surface area contributed by atoms with Crippen molar-refractivity contribution >= 4 is 11.5 Å². The molecule has 0 amide bonds. The fourth-order valence-corrected chi connectivity index (χ4v) is 3.86. The average Bonchev–Trinajstić information content (AvgIpc) is 3.44. The molecule has 0 radical (unpaired) electrons. The van der Waals surface area contributed by atoms with Crippen molar-refractivity contribution < 1.29 is 9.15 Å². The van der Waals surface area contributed by atoms with E-state index in [1.165, 1.54) is 5.56 Å². The summed E-state index contributed by atoms with van der Waals surface area (Å²) in [6, 6.07) is 10.1. The molecular formula is C22H23N5O2. The molecule has 0 unspecified atom stereocenters. The molecule has 0 saturated carbocycles. The molecule has 1 aromatic carbocycles. The molecular weight excluding hydrogens is 366 g/mol. The summed E-state index contributed by atoms with van der Waals surface area (Å²) in [5.41, 5.74) is 4.25. The van der Waals surface area contributed by atoms with Gasteiger partial charge in [0.25, 0.3) is 0 Å². The van der Waals surface area contributed by atoms with Crippen molar-refractivity contribution in [1.82, 2.24) is 19.3 Å². The minimum Gasteiger partial charge on any atom is -0.497 e. The van der Waals surface area contributed by atoms with Crippen molar-refractivity contribution in [2.24, 2.45) is 0 Å². The number of fused-ring (bicyclic) bond motifs is 1. The van der Waals surface area contributed by atoms with Gasteiger partial charge in [-0.05, 0) is 30.3 Å². The van der Waals surface area contributed by atoms with Crippen molar-refractivity contribution in [1.29, 1.82) is 0 Å². The van der Waals surface area contributed by atoms with Gasteiger partial charge < -0.3 is 14.1 Å². The number of aromatic nitrogens is 3. The van der Waals surface area contributed by atoms with E-state index < -0.39 is 0 Å². The molecule has 1 saturated heterocycles. The molecule has 0 spiro atoms. The molecule has 5 rings (SSSR count). The minimum absolute atomic E-state index is 0.846. The normalized spacial score (nSPS) is 15.1. The first-order chi connectivity index (χ1) is 14.3. The van der Waals surface area contributed by atoms with Crippen LogP contribution in [0, 0.1) is 0 Å². The third kappa shape index (κ3) is 3.45. The zero-order chi connectivity index (χ0) is 19.6. The Bertz CT molecular complexity index is 1080. The van der Waals surface area contributed by atoms with E-state index in [9.17, 15) is 0 Å². The molecule has 7 nitrogen and oxygen atoms in total. The number of ether oxygens (including phenoxy) is 1. The van der Waals surface area contributed by atoms with Crippen LogP contribution in [0.2, 0.25) is 0 Å². The van der Waals surface area contributed by atoms with Crippen LogP contribution in [0.25, 0.3) is 16.9 Å². The van der Waals surface area contributed by atoms with Gasteiger partial charge >= 0.3 is 0 Å². The van der Waals surface area contributed by atoms with Gasteiger partial charge in [-0.1, -0.05) is 0 Å². The highest BCUT2D eigenvalue weighted by Crippen LogP contribution is 2.27. The lowest BCUT2D eigenvalue weighted by atomic mass is 10.1. The molecule has 148 valence electrons. The molecule has 4 heterocycles. The first kappa shape index (κ1) is 17.8. The van der Waals surface area contributed by atoms with Gasteiger partial charge in [0.05, 0.1) is 31.5 Å². The predicted molar refractivity (Wildman–Crippen MR) is 111 cm³/mol. The van der Waals surface area contributed by atoms with Gasteiger partial charge in [0.1, 0.15) is 5.75 Å². The third-order valence-electron chi connectivity index (χ3n) is 5.45. The molecule has 1 fully saturated rings. The summed E-state index contributed by atoms with van der Waals surface area (Å²) >= 11 is 0. The third-order valence-corrected chi connectivity index (χ3v) is 5.45. The lowest BCUT2D eigenvalue weighted by Crippen LogP contribution is -2.46. The lowest BCUT2D eigenvalue weighted by molar-refractivity contribution is 0.249. The maximum atomic E-state index is 5.27. The Hall–Kier alpha value is -3.32. The minimum atomic E-state index is 0.846. The van der Waals surface area contributed by atoms with Gasteiger partial charge in [-0.2, -0.15) is 0 Å². The predicted octanol–water partition coefficient (Wildman–Crippen LogP) is 3.32. The standard InChI is InChI=1S/C22H23N5O2/c1-28-19-4-2-18(3-5-19)20-14-24-22-21(23-7-8-27(20)22)26-11-9-25(10-12-26)15-17-6-13-29-16-17/h2-8,13-14,16H,9-12,15H2,1H3. The fourth-order valence-electron chi connectivity index (χ4n) is 3.86. The van der Waals surface area contributed by atoms with E-state index in [2.05, 4.69) is 31.3 Å². The number of hydrogen-bond donors (Lipinski definition) is 0. The number of nitrogens with zero attached hydrogens (tertiary/aromatic N) is 5. The van der Waals surface area contributed by atoms with Gasteiger partial charge in [0.2, 0.25) is 0 Å². The summed E-state index contributed by atoms with van der Waals surface area (Å²) in [5, 5.41) is 0. The maximum Gasteiger partial charge on any atom is 0.180 e. The smallest absolute Gasteiger partial charge is 0.180 e. The summed E-state index contributed by atoms with van der Waals surface area (Å²) < 4.78 is 12.6. The highest BCUT2D eigenvalue weighted by molar-refractivity contribution is 5.71. The van der Waals surface area contributed by atoms with Crippen LogP contribution in [0.1, 0.15) is 5.56 Å². The second kappa shape index (κ2) is 7.60. The van der Waals surface area contributed by atoms with Crippen molar-refractivity contribution in [2.45, 2.75) is 6.54 Å². The largest absolute Gasteiger partial charge is 0.497 e.